The molecule has 2 aromatic carbocycles. The fraction of sp³-hybridized carbons (Fsp3) is 0.280. The lowest BCUT2D eigenvalue weighted by Crippen LogP contribution is -2.40. The van der Waals surface area contributed by atoms with Gasteiger partial charge in [-0.1, -0.05) is 12.1 Å². The molecular formula is C25H26FN5O3S2. The van der Waals surface area contributed by atoms with E-state index in [4.69, 9.17) is 9.73 Å². The van der Waals surface area contributed by atoms with E-state index >= 15 is 0 Å². The summed E-state index contributed by atoms with van der Waals surface area (Å²) in [7, 11) is -3.57. The van der Waals surface area contributed by atoms with Crippen molar-refractivity contribution in [2.75, 3.05) is 26.3 Å². The Morgan fingerprint density at radius 1 is 1.06 bits per heavy atom. The van der Waals surface area contributed by atoms with Crippen LogP contribution in [0.4, 0.5) is 10.1 Å². The molecule has 0 aliphatic carbocycles. The Labute approximate surface area is 213 Å². The monoisotopic (exact) mass is 527 g/mol. The number of ether oxygens (including phenoxy) is 1. The molecule has 0 spiro atoms. The molecule has 4 aromatic rings. The van der Waals surface area contributed by atoms with Gasteiger partial charge in [0.2, 0.25) is 10.0 Å². The highest BCUT2D eigenvalue weighted by molar-refractivity contribution is 7.89. The van der Waals surface area contributed by atoms with Crippen molar-refractivity contribution in [2.24, 2.45) is 4.99 Å². The molecule has 1 saturated heterocycles. The summed E-state index contributed by atoms with van der Waals surface area (Å²) < 4.78 is 51.2. The molecule has 0 bridgehead atoms. The average Bonchev–Trinajstić information content (AvgIpc) is 3.56. The summed E-state index contributed by atoms with van der Waals surface area (Å²) in [4.78, 5) is 9.80. The van der Waals surface area contributed by atoms with E-state index in [2.05, 4.69) is 4.98 Å². The largest absolute Gasteiger partial charge is 0.379 e. The van der Waals surface area contributed by atoms with Gasteiger partial charge < -0.3 is 13.9 Å². The second-order valence-corrected chi connectivity index (χ2v) is 11.1. The van der Waals surface area contributed by atoms with Gasteiger partial charge >= 0.3 is 0 Å². The third kappa shape index (κ3) is 5.34. The van der Waals surface area contributed by atoms with Crippen molar-refractivity contribution in [1.29, 1.82) is 0 Å². The number of nitrogens with zero attached hydrogens (tertiary/aromatic N) is 5. The number of benzene rings is 2. The van der Waals surface area contributed by atoms with Crippen molar-refractivity contribution in [3.8, 4) is 11.3 Å². The molecule has 1 aliphatic rings. The topological polar surface area (TPSA) is 81.7 Å². The SMILES string of the molecule is O=S(=O)(c1ccc(N=c2scc(-c3ccccc3F)n2CCCn2ccnc2)cc1)N1CCOCC1. The lowest BCUT2D eigenvalue weighted by atomic mass is 10.1. The molecule has 0 radical (unpaired) electrons. The molecule has 2 aromatic heterocycles. The predicted octanol–water partition coefficient (Wildman–Crippen LogP) is 3.90. The number of rotatable bonds is 8. The normalized spacial score (nSPS) is 15.4. The van der Waals surface area contributed by atoms with Crippen LogP contribution in [-0.4, -0.2) is 53.1 Å². The molecular weight excluding hydrogens is 501 g/mol. The second kappa shape index (κ2) is 10.9. The molecule has 36 heavy (non-hydrogen) atoms. The molecule has 3 heterocycles. The van der Waals surface area contributed by atoms with Gasteiger partial charge in [0.05, 0.1) is 35.8 Å². The van der Waals surface area contributed by atoms with Gasteiger partial charge in [0.25, 0.3) is 0 Å². The third-order valence-corrected chi connectivity index (χ3v) is 8.75. The fourth-order valence-electron chi connectivity index (χ4n) is 4.09. The maximum atomic E-state index is 14.6. The van der Waals surface area contributed by atoms with Crippen molar-refractivity contribution in [1.82, 2.24) is 18.4 Å². The lowest BCUT2D eigenvalue weighted by Gasteiger charge is -2.26. The first kappa shape index (κ1) is 24.6. The van der Waals surface area contributed by atoms with E-state index < -0.39 is 10.0 Å². The van der Waals surface area contributed by atoms with E-state index in [0.717, 1.165) is 18.7 Å². The number of sulfonamides is 1. The maximum absolute atomic E-state index is 14.6. The minimum Gasteiger partial charge on any atom is -0.379 e. The zero-order valence-corrected chi connectivity index (χ0v) is 21.2. The van der Waals surface area contributed by atoms with Gasteiger partial charge in [-0.3, -0.25) is 0 Å². The van der Waals surface area contributed by atoms with E-state index in [1.54, 1.807) is 48.9 Å². The zero-order valence-electron chi connectivity index (χ0n) is 19.5. The number of morpholine rings is 1. The second-order valence-electron chi connectivity index (χ2n) is 8.31. The van der Waals surface area contributed by atoms with Crippen LogP contribution in [0.1, 0.15) is 6.42 Å². The van der Waals surface area contributed by atoms with Crippen LogP contribution in [0.2, 0.25) is 0 Å². The molecule has 0 amide bonds. The van der Waals surface area contributed by atoms with E-state index in [-0.39, 0.29) is 10.7 Å². The molecule has 0 unspecified atom stereocenters. The van der Waals surface area contributed by atoms with E-state index in [1.165, 1.54) is 21.7 Å². The summed E-state index contributed by atoms with van der Waals surface area (Å²) in [6.45, 7) is 2.90. The zero-order chi connectivity index (χ0) is 25.0. The molecule has 0 N–H and O–H groups in total. The van der Waals surface area contributed by atoms with Crippen LogP contribution in [0.5, 0.6) is 0 Å². The average molecular weight is 528 g/mol. The van der Waals surface area contributed by atoms with Gasteiger partial charge in [0.1, 0.15) is 5.82 Å². The van der Waals surface area contributed by atoms with Crippen LogP contribution in [0, 0.1) is 5.82 Å². The van der Waals surface area contributed by atoms with Gasteiger partial charge in [-0.2, -0.15) is 4.31 Å². The number of hydrogen-bond donors (Lipinski definition) is 0. The predicted molar refractivity (Wildman–Crippen MR) is 136 cm³/mol. The summed E-state index contributed by atoms with van der Waals surface area (Å²) in [5.41, 5.74) is 1.90. The molecule has 0 atom stereocenters. The molecule has 1 aliphatic heterocycles. The van der Waals surface area contributed by atoms with Gasteiger partial charge in [-0.05, 0) is 42.8 Å². The van der Waals surface area contributed by atoms with Crippen molar-refractivity contribution in [3.63, 3.8) is 0 Å². The minimum absolute atomic E-state index is 0.231. The first-order valence-electron chi connectivity index (χ1n) is 11.6. The van der Waals surface area contributed by atoms with Gasteiger partial charge in [0.15, 0.2) is 4.80 Å². The number of hydrogen-bond acceptors (Lipinski definition) is 6. The number of aromatic nitrogens is 3. The van der Waals surface area contributed by atoms with Gasteiger partial charge in [0, 0.05) is 49.5 Å². The molecule has 1 fully saturated rings. The van der Waals surface area contributed by atoms with Crippen LogP contribution in [0.3, 0.4) is 0 Å². The van der Waals surface area contributed by atoms with E-state index in [9.17, 15) is 12.8 Å². The smallest absolute Gasteiger partial charge is 0.243 e. The third-order valence-electron chi connectivity index (χ3n) is 5.97. The number of thiazole rings is 1. The first-order chi connectivity index (χ1) is 17.5. The van der Waals surface area contributed by atoms with Crippen molar-refractivity contribution >= 4 is 27.0 Å². The van der Waals surface area contributed by atoms with Crippen LogP contribution in [-0.2, 0) is 27.8 Å². The Kier molecular flexibility index (Phi) is 7.42. The summed E-state index contributed by atoms with van der Waals surface area (Å²) in [6.07, 6.45) is 6.23. The number of aryl methyl sites for hydroxylation is 1. The summed E-state index contributed by atoms with van der Waals surface area (Å²) in [5, 5.41) is 1.91. The first-order valence-corrected chi connectivity index (χ1v) is 14.0. The summed E-state index contributed by atoms with van der Waals surface area (Å²) >= 11 is 1.43. The van der Waals surface area contributed by atoms with E-state index in [0.29, 0.717) is 48.9 Å². The molecule has 188 valence electrons. The van der Waals surface area contributed by atoms with Crippen molar-refractivity contribution in [2.45, 2.75) is 24.4 Å². The number of halogens is 1. The van der Waals surface area contributed by atoms with E-state index in [1.807, 2.05) is 26.8 Å². The maximum Gasteiger partial charge on any atom is 0.243 e. The Bertz CT molecular complexity index is 1470. The van der Waals surface area contributed by atoms with Gasteiger partial charge in [-0.25, -0.2) is 22.8 Å². The van der Waals surface area contributed by atoms with Gasteiger partial charge in [-0.15, -0.1) is 11.3 Å². The fourth-order valence-corrected chi connectivity index (χ4v) is 6.44. The highest BCUT2D eigenvalue weighted by Crippen LogP contribution is 2.25. The highest BCUT2D eigenvalue weighted by Gasteiger charge is 2.26. The Morgan fingerprint density at radius 2 is 1.83 bits per heavy atom. The Hall–Kier alpha value is -3.12. The lowest BCUT2D eigenvalue weighted by molar-refractivity contribution is 0.0730. The minimum atomic E-state index is -3.57. The summed E-state index contributed by atoms with van der Waals surface area (Å²) in [5.74, 6) is -0.289. The number of imidazole rings is 1. The highest BCUT2D eigenvalue weighted by atomic mass is 32.2. The summed E-state index contributed by atoms with van der Waals surface area (Å²) in [6, 6.07) is 13.3. The molecule has 0 saturated carbocycles. The van der Waals surface area contributed by atoms with Crippen molar-refractivity contribution < 1.29 is 17.5 Å². The van der Waals surface area contributed by atoms with Crippen LogP contribution >= 0.6 is 11.3 Å². The Balaban J connectivity index is 1.45. The van der Waals surface area contributed by atoms with Crippen LogP contribution in [0.25, 0.3) is 11.3 Å². The Morgan fingerprint density at radius 3 is 2.56 bits per heavy atom. The van der Waals surface area contributed by atoms with Crippen molar-refractivity contribution in [3.05, 3.63) is 83.3 Å². The quantitative estimate of drug-likeness (QED) is 0.348. The van der Waals surface area contributed by atoms with Crippen LogP contribution < -0.4 is 4.80 Å². The molecule has 5 rings (SSSR count). The molecule has 8 nitrogen and oxygen atoms in total. The molecule has 11 heteroatoms. The van der Waals surface area contributed by atoms with Crippen LogP contribution in [0.15, 0.2) is 82.5 Å². The standard InChI is InChI=1S/C25H26FN5O3S2/c26-23-5-2-1-4-22(23)24-18-35-25(31(24)12-3-11-29-13-10-27-19-29)28-20-6-8-21(9-7-20)36(32,33)30-14-16-34-17-15-30/h1-2,4-10,13,18-19H,3,11-12,14-17H2.